The van der Waals surface area contributed by atoms with E-state index in [2.05, 4.69) is 25.7 Å². The second kappa shape index (κ2) is 6.98. The molecule has 0 bridgehead atoms. The van der Waals surface area contributed by atoms with Gasteiger partial charge in [-0.1, -0.05) is 19.4 Å². The van der Waals surface area contributed by atoms with Crippen LogP contribution < -0.4 is 4.74 Å². The van der Waals surface area contributed by atoms with Gasteiger partial charge in [-0.05, 0) is 39.2 Å². The average molecular weight is 277 g/mol. The zero-order valence-electron chi connectivity index (χ0n) is 12.9. The molecule has 1 aliphatic rings. The van der Waals surface area contributed by atoms with Gasteiger partial charge in [-0.2, -0.15) is 0 Å². The molecule has 1 fully saturated rings. The van der Waals surface area contributed by atoms with Crippen LogP contribution in [-0.2, 0) is 6.54 Å². The number of nitrogens with zero attached hydrogens (tertiary/aromatic N) is 1. The Kier molecular flexibility index (Phi) is 5.30. The van der Waals surface area contributed by atoms with Crippen LogP contribution in [0.2, 0.25) is 0 Å². The van der Waals surface area contributed by atoms with Gasteiger partial charge in [0.25, 0.3) is 0 Å². The summed E-state index contributed by atoms with van der Waals surface area (Å²) in [7, 11) is 0. The fourth-order valence-electron chi connectivity index (χ4n) is 2.97. The molecule has 0 amide bonds. The first-order valence-corrected chi connectivity index (χ1v) is 7.82. The topological polar surface area (TPSA) is 32.7 Å². The molecule has 1 N–H and O–H groups in total. The Morgan fingerprint density at radius 1 is 1.25 bits per heavy atom. The predicted octanol–water partition coefficient (Wildman–Crippen LogP) is 3.94. The molecule has 0 radical (unpaired) electrons. The molecule has 0 aromatic heterocycles. The first-order valence-electron chi connectivity index (χ1n) is 7.82. The van der Waals surface area contributed by atoms with Crippen LogP contribution in [0.3, 0.4) is 0 Å². The van der Waals surface area contributed by atoms with E-state index in [1.54, 1.807) is 6.07 Å². The second-order valence-electron chi connectivity index (χ2n) is 5.94. The molecule has 0 saturated carbocycles. The molecule has 0 spiro atoms. The van der Waals surface area contributed by atoms with Crippen molar-refractivity contribution in [2.75, 3.05) is 6.61 Å². The number of piperidine rings is 1. The number of phenolic OH excluding ortho intramolecular Hbond substituents is 1. The molecule has 1 aliphatic heterocycles. The van der Waals surface area contributed by atoms with Gasteiger partial charge in [0.1, 0.15) is 11.5 Å². The summed E-state index contributed by atoms with van der Waals surface area (Å²) >= 11 is 0. The van der Waals surface area contributed by atoms with Crippen molar-refractivity contribution in [1.82, 2.24) is 4.90 Å². The Morgan fingerprint density at radius 3 is 2.55 bits per heavy atom. The van der Waals surface area contributed by atoms with Crippen LogP contribution in [0, 0.1) is 0 Å². The molecule has 20 heavy (non-hydrogen) atoms. The van der Waals surface area contributed by atoms with Crippen LogP contribution in [0.1, 0.15) is 52.0 Å². The van der Waals surface area contributed by atoms with Gasteiger partial charge in [-0.3, -0.25) is 4.90 Å². The number of aromatic hydroxyl groups is 1. The molecule has 2 atom stereocenters. The highest BCUT2D eigenvalue weighted by Gasteiger charge is 2.25. The summed E-state index contributed by atoms with van der Waals surface area (Å²) in [6.45, 7) is 8.16. The molecule has 2 unspecified atom stereocenters. The quantitative estimate of drug-likeness (QED) is 0.884. The summed E-state index contributed by atoms with van der Waals surface area (Å²) in [4.78, 5) is 2.49. The monoisotopic (exact) mass is 277 g/mol. The molecule has 1 aromatic carbocycles. The number of phenols is 1. The average Bonchev–Trinajstić information content (AvgIpc) is 2.42. The number of ether oxygens (including phenoxy) is 1. The normalized spacial score (nSPS) is 23.8. The maximum absolute atomic E-state index is 10.2. The lowest BCUT2D eigenvalue weighted by Crippen LogP contribution is -2.42. The minimum Gasteiger partial charge on any atom is -0.507 e. The molecule has 112 valence electrons. The molecule has 0 aliphatic carbocycles. The lowest BCUT2D eigenvalue weighted by molar-refractivity contribution is 0.0943. The molecule has 3 heteroatoms. The summed E-state index contributed by atoms with van der Waals surface area (Å²) in [6, 6.07) is 6.88. The molecular weight excluding hydrogens is 250 g/mol. The van der Waals surface area contributed by atoms with Crippen LogP contribution in [0.4, 0.5) is 0 Å². The van der Waals surface area contributed by atoms with Gasteiger partial charge in [0.05, 0.1) is 6.61 Å². The van der Waals surface area contributed by atoms with Crippen molar-refractivity contribution in [3.63, 3.8) is 0 Å². The van der Waals surface area contributed by atoms with Crippen molar-refractivity contribution in [1.29, 1.82) is 0 Å². The minimum absolute atomic E-state index is 0.351. The van der Waals surface area contributed by atoms with Gasteiger partial charge in [0, 0.05) is 30.3 Å². The third-order valence-electron chi connectivity index (χ3n) is 4.26. The van der Waals surface area contributed by atoms with E-state index < -0.39 is 0 Å². The van der Waals surface area contributed by atoms with E-state index in [9.17, 15) is 5.11 Å². The van der Waals surface area contributed by atoms with Crippen molar-refractivity contribution in [2.45, 2.75) is 65.1 Å². The van der Waals surface area contributed by atoms with E-state index in [-0.39, 0.29) is 0 Å². The Morgan fingerprint density at radius 2 is 1.95 bits per heavy atom. The van der Waals surface area contributed by atoms with Crippen LogP contribution in [-0.4, -0.2) is 28.7 Å². The van der Waals surface area contributed by atoms with Crippen molar-refractivity contribution in [3.05, 3.63) is 23.8 Å². The molecule has 1 aromatic rings. The Bertz CT molecular complexity index is 423. The van der Waals surface area contributed by atoms with Crippen molar-refractivity contribution >= 4 is 0 Å². The van der Waals surface area contributed by atoms with Gasteiger partial charge in [-0.25, -0.2) is 0 Å². The Labute approximate surface area is 122 Å². The lowest BCUT2D eigenvalue weighted by Gasteiger charge is -2.39. The predicted molar refractivity (Wildman–Crippen MR) is 82.2 cm³/mol. The number of rotatable bonds is 5. The fraction of sp³-hybridized carbons (Fsp3) is 0.647. The van der Waals surface area contributed by atoms with Crippen molar-refractivity contribution in [2.24, 2.45) is 0 Å². The second-order valence-corrected chi connectivity index (χ2v) is 5.94. The van der Waals surface area contributed by atoms with Crippen LogP contribution >= 0.6 is 0 Å². The van der Waals surface area contributed by atoms with Gasteiger partial charge in [-0.15, -0.1) is 0 Å². The standard InChI is InChI=1S/C17H27NO2/c1-4-10-20-16-9-8-15(17(19)11-16)12-18-13(2)6-5-7-14(18)3/h8-9,11,13-14,19H,4-7,10,12H2,1-3H3. The number of benzene rings is 1. The first-order chi connectivity index (χ1) is 9.61. The third-order valence-corrected chi connectivity index (χ3v) is 4.26. The van der Waals surface area contributed by atoms with Gasteiger partial charge in [0.2, 0.25) is 0 Å². The fourth-order valence-corrected chi connectivity index (χ4v) is 2.97. The molecular formula is C17H27NO2. The van der Waals surface area contributed by atoms with E-state index in [0.29, 0.717) is 24.4 Å². The van der Waals surface area contributed by atoms with E-state index in [0.717, 1.165) is 24.3 Å². The van der Waals surface area contributed by atoms with Crippen molar-refractivity contribution < 1.29 is 9.84 Å². The zero-order chi connectivity index (χ0) is 14.5. The smallest absolute Gasteiger partial charge is 0.123 e. The summed E-state index contributed by atoms with van der Waals surface area (Å²) in [6.07, 6.45) is 4.80. The lowest BCUT2D eigenvalue weighted by atomic mass is 9.96. The first kappa shape index (κ1) is 15.2. The van der Waals surface area contributed by atoms with Crippen LogP contribution in [0.5, 0.6) is 11.5 Å². The summed E-state index contributed by atoms with van der Waals surface area (Å²) in [5.41, 5.74) is 0.995. The Balaban J connectivity index is 2.05. The number of likely N-dealkylation sites (tertiary alicyclic amines) is 1. The molecule has 3 nitrogen and oxygen atoms in total. The zero-order valence-corrected chi connectivity index (χ0v) is 12.9. The van der Waals surface area contributed by atoms with Gasteiger partial charge in [0.15, 0.2) is 0 Å². The van der Waals surface area contributed by atoms with Gasteiger partial charge >= 0.3 is 0 Å². The van der Waals surface area contributed by atoms with E-state index in [1.165, 1.54) is 19.3 Å². The number of hydrogen-bond acceptors (Lipinski definition) is 3. The largest absolute Gasteiger partial charge is 0.507 e. The van der Waals surface area contributed by atoms with Gasteiger partial charge < -0.3 is 9.84 Å². The van der Waals surface area contributed by atoms with Crippen LogP contribution in [0.25, 0.3) is 0 Å². The summed E-state index contributed by atoms with van der Waals surface area (Å²) in [5, 5.41) is 10.2. The minimum atomic E-state index is 0.351. The maximum atomic E-state index is 10.2. The highest BCUT2D eigenvalue weighted by molar-refractivity contribution is 5.39. The highest BCUT2D eigenvalue weighted by Crippen LogP contribution is 2.29. The van der Waals surface area contributed by atoms with E-state index in [4.69, 9.17) is 4.74 Å². The number of hydrogen-bond donors (Lipinski definition) is 1. The summed E-state index contributed by atoms with van der Waals surface area (Å²) in [5.74, 6) is 1.11. The van der Waals surface area contributed by atoms with Crippen molar-refractivity contribution in [3.8, 4) is 11.5 Å². The molecule has 1 heterocycles. The van der Waals surface area contributed by atoms with Crippen LogP contribution in [0.15, 0.2) is 18.2 Å². The highest BCUT2D eigenvalue weighted by atomic mass is 16.5. The third kappa shape index (κ3) is 3.66. The summed E-state index contributed by atoms with van der Waals surface area (Å²) < 4.78 is 5.55. The molecule has 2 rings (SSSR count). The molecule has 1 saturated heterocycles. The Hall–Kier alpha value is -1.22. The maximum Gasteiger partial charge on any atom is 0.123 e. The van der Waals surface area contributed by atoms with E-state index in [1.807, 2.05) is 12.1 Å². The van der Waals surface area contributed by atoms with E-state index >= 15 is 0 Å². The SMILES string of the molecule is CCCOc1ccc(CN2C(C)CCCC2C)c(O)c1.